The quantitative estimate of drug-likeness (QED) is 0.152. The Kier molecular flexibility index (Phi) is 9.97. The third-order valence-electron chi connectivity index (χ3n) is 2.44. The number of thiocarbonyl (C=S) groups is 2. The van der Waals surface area contributed by atoms with Crippen LogP contribution >= 0.6 is 24.4 Å². The van der Waals surface area contributed by atoms with Gasteiger partial charge in [0.2, 0.25) is 0 Å². The van der Waals surface area contributed by atoms with Gasteiger partial charge in [0.15, 0.2) is 10.2 Å². The zero-order valence-electron chi connectivity index (χ0n) is 12.8. The molecular weight excluding hydrogens is 324 g/mol. The summed E-state index contributed by atoms with van der Waals surface area (Å²) in [5, 5.41) is 5.58. The van der Waals surface area contributed by atoms with E-state index in [0.717, 1.165) is 0 Å². The lowest BCUT2D eigenvalue weighted by atomic mass is 10.2. The summed E-state index contributed by atoms with van der Waals surface area (Å²) < 4.78 is 0. The molecule has 0 aromatic rings. The van der Waals surface area contributed by atoms with Crippen LogP contribution in [-0.2, 0) is 9.59 Å². The van der Waals surface area contributed by atoms with Crippen LogP contribution in [0, 0.1) is 12.1 Å². The second-order valence-electron chi connectivity index (χ2n) is 4.36. The van der Waals surface area contributed by atoms with E-state index in [-0.39, 0.29) is 33.9 Å². The van der Waals surface area contributed by atoms with Crippen LogP contribution in [0.2, 0.25) is 0 Å². The van der Waals surface area contributed by atoms with Crippen molar-refractivity contribution in [3.8, 4) is 12.1 Å². The molecule has 122 valence electrons. The van der Waals surface area contributed by atoms with Crippen LogP contribution in [0.5, 0.6) is 0 Å². The van der Waals surface area contributed by atoms with E-state index < -0.39 is 0 Å². The van der Waals surface area contributed by atoms with E-state index >= 15 is 0 Å². The van der Waals surface area contributed by atoms with Crippen LogP contribution < -0.4 is 32.3 Å². The minimum Gasteiger partial charge on any atom is -0.298 e. The topological polar surface area (TPSA) is 106 Å². The number of carbonyl (C=O) groups excluding carboxylic acids is 2. The van der Waals surface area contributed by atoms with E-state index in [4.69, 9.17) is 24.4 Å². The zero-order chi connectivity index (χ0) is 17.1. The Balaban J connectivity index is 3.91. The molecular formula is C12H20N6O2S2. The largest absolute Gasteiger partial charge is 0.298 e. The maximum Gasteiger partial charge on any atom is 0.192 e. The summed E-state index contributed by atoms with van der Waals surface area (Å²) in [7, 11) is 0. The van der Waals surface area contributed by atoms with Gasteiger partial charge >= 0.3 is 0 Å². The Morgan fingerprint density at radius 3 is 1.41 bits per heavy atom. The smallest absolute Gasteiger partial charge is 0.192 e. The predicted molar refractivity (Wildman–Crippen MR) is 92.1 cm³/mol. The van der Waals surface area contributed by atoms with Crippen LogP contribution in [0.15, 0.2) is 0 Å². The van der Waals surface area contributed by atoms with Gasteiger partial charge in [-0.05, 0) is 52.1 Å². The minimum atomic E-state index is -0.364. The monoisotopic (exact) mass is 344 g/mol. The average Bonchev–Trinajstić information content (AvgIpc) is 2.46. The average molecular weight is 344 g/mol. The lowest BCUT2D eigenvalue weighted by Crippen LogP contribution is -2.49. The van der Waals surface area contributed by atoms with Gasteiger partial charge in [-0.25, -0.2) is 10.9 Å². The number of nitrogens with one attached hydrogen (secondary N) is 6. The highest BCUT2D eigenvalue weighted by atomic mass is 32.1. The highest BCUT2D eigenvalue weighted by Crippen LogP contribution is 1.80. The van der Waals surface area contributed by atoms with Crippen molar-refractivity contribution in [2.24, 2.45) is 0 Å². The van der Waals surface area contributed by atoms with Gasteiger partial charge in [-0.3, -0.25) is 31.1 Å². The van der Waals surface area contributed by atoms with Crippen molar-refractivity contribution in [3.05, 3.63) is 0 Å². The highest BCUT2D eigenvalue weighted by molar-refractivity contribution is 7.80. The molecule has 0 saturated heterocycles. The van der Waals surface area contributed by atoms with Gasteiger partial charge in [-0.2, -0.15) is 0 Å². The number of carbonyl (C=O) groups is 2. The predicted octanol–water partition coefficient (Wildman–Crippen LogP) is -1.20. The Hall–Kier alpha value is -1.80. The molecule has 0 fully saturated rings. The van der Waals surface area contributed by atoms with Crippen molar-refractivity contribution >= 4 is 46.2 Å². The number of hydrogen-bond donors (Lipinski definition) is 6. The minimum absolute atomic E-state index is 0.0215. The van der Waals surface area contributed by atoms with Gasteiger partial charge in [-0.15, -0.1) is 0 Å². The molecule has 0 amide bonds. The fraction of sp³-hybridized carbons (Fsp3) is 0.500. The number of Topliss-reactive ketones (excluding diaryl/α,β-unsaturated/α-hetero) is 2. The number of rotatable bonds is 6. The molecule has 0 aromatic heterocycles. The molecule has 2 atom stereocenters. The second-order valence-corrected chi connectivity index (χ2v) is 5.18. The summed E-state index contributed by atoms with van der Waals surface area (Å²) in [5.41, 5.74) is 10.7. The van der Waals surface area contributed by atoms with Crippen molar-refractivity contribution < 1.29 is 9.59 Å². The summed E-state index contributed by atoms with van der Waals surface area (Å²) in [6, 6.07) is 4.31. The van der Waals surface area contributed by atoms with E-state index in [0.29, 0.717) is 0 Å². The van der Waals surface area contributed by atoms with Crippen molar-refractivity contribution in [3.63, 3.8) is 0 Å². The fourth-order valence-corrected chi connectivity index (χ4v) is 1.01. The Labute approximate surface area is 140 Å². The molecule has 0 aliphatic carbocycles. The van der Waals surface area contributed by atoms with E-state index in [9.17, 15) is 9.59 Å². The van der Waals surface area contributed by atoms with Gasteiger partial charge in [0.1, 0.15) is 11.6 Å². The van der Waals surface area contributed by atoms with Crippen LogP contribution in [0.1, 0.15) is 27.7 Å². The molecule has 2 unspecified atom stereocenters. The van der Waals surface area contributed by atoms with E-state index in [1.54, 1.807) is 13.8 Å². The molecule has 8 nitrogen and oxygen atoms in total. The van der Waals surface area contributed by atoms with Crippen molar-refractivity contribution in [1.82, 2.24) is 32.3 Å². The van der Waals surface area contributed by atoms with Crippen LogP contribution in [-0.4, -0.2) is 33.9 Å². The van der Waals surface area contributed by atoms with Gasteiger partial charge < -0.3 is 0 Å². The molecule has 0 spiro atoms. The van der Waals surface area contributed by atoms with Gasteiger partial charge in [0.05, 0.1) is 12.1 Å². The number of ketones is 2. The van der Waals surface area contributed by atoms with Crippen molar-refractivity contribution in [2.75, 3.05) is 0 Å². The van der Waals surface area contributed by atoms with E-state index in [2.05, 4.69) is 44.4 Å². The molecule has 0 heterocycles. The molecule has 0 radical (unpaired) electrons. The summed E-state index contributed by atoms with van der Waals surface area (Å²) in [4.78, 5) is 22.0. The second kappa shape index (κ2) is 10.9. The molecule has 0 saturated carbocycles. The Morgan fingerprint density at radius 2 is 1.14 bits per heavy atom. The van der Waals surface area contributed by atoms with E-state index in [1.165, 1.54) is 13.8 Å². The van der Waals surface area contributed by atoms with Crippen molar-refractivity contribution in [2.45, 2.75) is 39.8 Å². The molecule has 0 bridgehead atoms. The molecule has 0 aliphatic heterocycles. The molecule has 10 heteroatoms. The lowest BCUT2D eigenvalue weighted by Gasteiger charge is -2.13. The van der Waals surface area contributed by atoms with Crippen LogP contribution in [0.25, 0.3) is 0 Å². The van der Waals surface area contributed by atoms with Crippen LogP contribution in [0.4, 0.5) is 0 Å². The molecule has 22 heavy (non-hydrogen) atoms. The highest BCUT2D eigenvalue weighted by Gasteiger charge is 2.06. The maximum atomic E-state index is 11.0. The Morgan fingerprint density at radius 1 is 0.818 bits per heavy atom. The van der Waals surface area contributed by atoms with Crippen molar-refractivity contribution in [1.29, 1.82) is 0 Å². The standard InChI is InChI=1S/C12H20N6O2S2/c1-7(9(3)19)15-17-11(21)13-5-6-14-12(22)18-16-8(2)10(4)20/h7-8,15-16H,1-4H3,(H2,13,17,21)(H2,14,18,22). The lowest BCUT2D eigenvalue weighted by molar-refractivity contribution is -0.119. The van der Waals surface area contributed by atoms with Crippen LogP contribution in [0.3, 0.4) is 0 Å². The molecule has 0 rings (SSSR count). The fourth-order valence-electron chi connectivity index (χ4n) is 0.789. The summed E-state index contributed by atoms with van der Waals surface area (Å²) in [5.74, 6) is -0.0430. The number of hydrogen-bond acceptors (Lipinski definition) is 6. The zero-order valence-corrected chi connectivity index (χ0v) is 14.4. The first-order valence-corrected chi connectivity index (χ1v) is 7.19. The first-order chi connectivity index (χ1) is 10.2. The van der Waals surface area contributed by atoms with Gasteiger partial charge in [0, 0.05) is 12.1 Å². The van der Waals surface area contributed by atoms with E-state index in [1.807, 2.05) is 0 Å². The SMILES string of the molecule is CC(=O)C(C)NNC(=S)NC#CNC(=S)NNC(C)C(C)=O. The third kappa shape index (κ3) is 10.0. The summed E-state index contributed by atoms with van der Waals surface area (Å²) in [6.07, 6.45) is 0. The summed E-state index contributed by atoms with van der Waals surface area (Å²) in [6.45, 7) is 6.33. The first-order valence-electron chi connectivity index (χ1n) is 6.38. The molecule has 0 aliphatic rings. The van der Waals surface area contributed by atoms with Gasteiger partial charge in [-0.1, -0.05) is 0 Å². The Bertz CT molecular complexity index is 458. The maximum absolute atomic E-state index is 11.0. The number of hydrazine groups is 2. The first kappa shape index (κ1) is 20.2. The van der Waals surface area contributed by atoms with Gasteiger partial charge in [0.25, 0.3) is 0 Å². The summed E-state index contributed by atoms with van der Waals surface area (Å²) >= 11 is 9.86. The molecule has 0 aromatic carbocycles. The molecule has 6 N–H and O–H groups in total. The third-order valence-corrected chi connectivity index (χ3v) is 2.85. The normalized spacial score (nSPS) is 12.0.